The third-order valence-corrected chi connectivity index (χ3v) is 18.3. The van der Waals surface area contributed by atoms with Gasteiger partial charge < -0.3 is 8.85 Å². The lowest BCUT2D eigenvalue weighted by Crippen LogP contribution is -2.53. The van der Waals surface area contributed by atoms with Crippen molar-refractivity contribution in [3.63, 3.8) is 0 Å². The van der Waals surface area contributed by atoms with Crippen LogP contribution in [0.3, 0.4) is 0 Å². The van der Waals surface area contributed by atoms with Gasteiger partial charge in [-0.05, 0) is 93.7 Å². The molecule has 0 saturated heterocycles. The molecule has 2 nitrogen and oxygen atoms in total. The van der Waals surface area contributed by atoms with E-state index < -0.39 is 16.6 Å². The molecule has 1 aliphatic carbocycles. The van der Waals surface area contributed by atoms with E-state index in [0.29, 0.717) is 12.0 Å². The summed E-state index contributed by atoms with van der Waals surface area (Å²) in [4.78, 5) is 0. The van der Waals surface area contributed by atoms with Gasteiger partial charge in [0.1, 0.15) is 0 Å². The van der Waals surface area contributed by atoms with Crippen LogP contribution < -0.4 is 0 Å². The fourth-order valence-corrected chi connectivity index (χ4v) is 7.09. The van der Waals surface area contributed by atoms with Gasteiger partial charge in [-0.2, -0.15) is 0 Å². The molecule has 0 aromatic carbocycles. The zero-order chi connectivity index (χ0) is 26.0. The lowest BCUT2D eigenvalue weighted by atomic mass is 9.63. The summed E-state index contributed by atoms with van der Waals surface area (Å²) in [5.41, 5.74) is 4.31. The van der Waals surface area contributed by atoms with Crippen LogP contribution in [0.2, 0.25) is 36.3 Å². The molecule has 0 bridgehead atoms. The summed E-state index contributed by atoms with van der Waals surface area (Å²) in [6.45, 7) is 38.0. The monoisotopic (exact) mass is 494 g/mol. The largest absolute Gasteiger partial charge is 0.416 e. The van der Waals surface area contributed by atoms with E-state index in [0.717, 1.165) is 13.0 Å². The highest BCUT2D eigenvalue weighted by Gasteiger charge is 2.48. The van der Waals surface area contributed by atoms with Crippen LogP contribution >= 0.6 is 0 Å². The van der Waals surface area contributed by atoms with Crippen molar-refractivity contribution in [2.24, 2.45) is 11.3 Å². The van der Waals surface area contributed by atoms with Gasteiger partial charge in [-0.3, -0.25) is 0 Å². The maximum absolute atomic E-state index is 7.15. The molecular weight excluding hydrogens is 436 g/mol. The smallest absolute Gasteiger partial charge is 0.192 e. The Hall–Kier alpha value is -0.166. The fourth-order valence-electron chi connectivity index (χ4n) is 4.67. The SMILES string of the molecule is C=C(C)C(CC[C@]1(C)CCC[C@@H](O[Si](C)(C)C(C)(C)C)[C@H]1CO[Si](C)(C)C(C)(C)C)=C(C)C. The Morgan fingerprint density at radius 2 is 1.45 bits per heavy atom. The topological polar surface area (TPSA) is 18.5 Å². The summed E-state index contributed by atoms with van der Waals surface area (Å²) in [7, 11) is -3.68. The highest BCUT2D eigenvalue weighted by atomic mass is 28.4. The van der Waals surface area contributed by atoms with Gasteiger partial charge in [0.05, 0.1) is 6.10 Å². The van der Waals surface area contributed by atoms with E-state index in [4.69, 9.17) is 8.85 Å². The quantitative estimate of drug-likeness (QED) is 0.234. The van der Waals surface area contributed by atoms with E-state index in [1.807, 2.05) is 0 Å². The van der Waals surface area contributed by atoms with E-state index in [9.17, 15) is 0 Å². The summed E-state index contributed by atoms with van der Waals surface area (Å²) in [5.74, 6) is 0.443. The van der Waals surface area contributed by atoms with Crippen molar-refractivity contribution < 1.29 is 8.85 Å². The maximum Gasteiger partial charge on any atom is 0.192 e. The predicted molar refractivity (Wildman–Crippen MR) is 153 cm³/mol. The molecule has 0 spiro atoms. The van der Waals surface area contributed by atoms with Gasteiger partial charge in [0.2, 0.25) is 0 Å². The molecule has 0 aromatic heterocycles. The molecule has 0 aromatic rings. The number of rotatable bonds is 9. The van der Waals surface area contributed by atoms with Gasteiger partial charge in [0.25, 0.3) is 0 Å². The van der Waals surface area contributed by atoms with Crippen LogP contribution in [-0.2, 0) is 8.85 Å². The van der Waals surface area contributed by atoms with E-state index in [1.54, 1.807) is 0 Å². The van der Waals surface area contributed by atoms with Crippen molar-refractivity contribution in [2.45, 2.75) is 144 Å². The standard InChI is InChI=1S/C29H58O2Si2/c1-22(2)24(23(3)4)18-20-29(11)19-16-17-26(31-33(14,15)28(8,9)10)25(29)21-30-32(12,13)27(5,6)7/h25-26H,1,16-21H2,2-15H3/t25-,26-,29+/m1/s1. The molecule has 0 unspecified atom stereocenters. The van der Waals surface area contributed by atoms with Crippen molar-refractivity contribution in [1.29, 1.82) is 0 Å². The third-order valence-electron chi connectivity index (χ3n) is 9.33. The van der Waals surface area contributed by atoms with Crippen LogP contribution in [0.15, 0.2) is 23.3 Å². The van der Waals surface area contributed by atoms with Crippen LogP contribution in [0.25, 0.3) is 0 Å². The molecule has 3 atom stereocenters. The van der Waals surface area contributed by atoms with E-state index in [-0.39, 0.29) is 15.5 Å². The Balaban J connectivity index is 3.29. The Morgan fingerprint density at radius 1 is 0.939 bits per heavy atom. The van der Waals surface area contributed by atoms with Crippen LogP contribution in [0, 0.1) is 11.3 Å². The molecule has 0 amide bonds. The Bertz CT molecular complexity index is 702. The van der Waals surface area contributed by atoms with E-state index in [2.05, 4.69) is 102 Å². The summed E-state index contributed by atoms with van der Waals surface area (Å²) in [6, 6.07) is 0. The molecular formula is C29H58O2Si2. The average molecular weight is 495 g/mol. The lowest BCUT2D eigenvalue weighted by molar-refractivity contribution is -0.0399. The van der Waals surface area contributed by atoms with Crippen LogP contribution in [0.5, 0.6) is 0 Å². The molecule has 0 N–H and O–H groups in total. The first-order valence-electron chi connectivity index (χ1n) is 13.3. The summed E-state index contributed by atoms with van der Waals surface area (Å²) in [6.07, 6.45) is 6.28. The minimum Gasteiger partial charge on any atom is -0.416 e. The highest BCUT2D eigenvalue weighted by Crippen LogP contribution is 2.50. The highest BCUT2D eigenvalue weighted by molar-refractivity contribution is 6.74. The van der Waals surface area contributed by atoms with Gasteiger partial charge >= 0.3 is 0 Å². The Labute approximate surface area is 210 Å². The number of allylic oxidation sites excluding steroid dienone is 3. The Morgan fingerprint density at radius 3 is 1.88 bits per heavy atom. The molecule has 0 aliphatic heterocycles. The van der Waals surface area contributed by atoms with Gasteiger partial charge in [-0.1, -0.05) is 72.6 Å². The van der Waals surface area contributed by atoms with Gasteiger partial charge in [-0.15, -0.1) is 0 Å². The zero-order valence-corrected chi connectivity index (χ0v) is 26.9. The first-order valence-corrected chi connectivity index (χ1v) is 19.1. The van der Waals surface area contributed by atoms with Crippen LogP contribution in [0.4, 0.5) is 0 Å². The molecule has 33 heavy (non-hydrogen) atoms. The summed E-state index contributed by atoms with van der Waals surface area (Å²) in [5, 5.41) is 0.448. The molecule has 1 aliphatic rings. The zero-order valence-electron chi connectivity index (χ0n) is 24.9. The van der Waals surface area contributed by atoms with Gasteiger partial charge in [0.15, 0.2) is 16.6 Å². The van der Waals surface area contributed by atoms with Crippen molar-refractivity contribution in [1.82, 2.24) is 0 Å². The molecule has 1 saturated carbocycles. The van der Waals surface area contributed by atoms with Gasteiger partial charge in [0, 0.05) is 12.5 Å². The molecule has 4 heteroatoms. The molecule has 0 radical (unpaired) electrons. The van der Waals surface area contributed by atoms with Gasteiger partial charge in [-0.25, -0.2) is 0 Å². The lowest BCUT2D eigenvalue weighted by Gasteiger charge is -2.51. The first kappa shape index (κ1) is 30.9. The maximum atomic E-state index is 7.15. The number of hydrogen-bond acceptors (Lipinski definition) is 2. The molecule has 194 valence electrons. The normalized spacial score (nSPS) is 25.2. The molecule has 1 fully saturated rings. The molecule has 0 heterocycles. The third kappa shape index (κ3) is 7.91. The van der Waals surface area contributed by atoms with Crippen molar-refractivity contribution >= 4 is 16.6 Å². The van der Waals surface area contributed by atoms with E-state index in [1.165, 1.54) is 42.4 Å². The summed E-state index contributed by atoms with van der Waals surface area (Å²) < 4.78 is 14.1. The second-order valence-electron chi connectivity index (χ2n) is 14.4. The van der Waals surface area contributed by atoms with Crippen LogP contribution in [0.1, 0.15) is 101 Å². The molecule has 1 rings (SSSR count). The average Bonchev–Trinajstić information content (AvgIpc) is 2.58. The predicted octanol–water partition coefficient (Wildman–Crippen LogP) is 9.90. The Kier molecular flexibility index (Phi) is 10.1. The van der Waals surface area contributed by atoms with Crippen molar-refractivity contribution in [2.75, 3.05) is 6.61 Å². The summed E-state index contributed by atoms with van der Waals surface area (Å²) >= 11 is 0. The number of hydrogen-bond donors (Lipinski definition) is 0. The minimum absolute atomic E-state index is 0.223. The second-order valence-corrected chi connectivity index (χ2v) is 24.0. The second kappa shape index (κ2) is 10.8. The van der Waals surface area contributed by atoms with Crippen LogP contribution in [-0.4, -0.2) is 29.3 Å². The minimum atomic E-state index is -1.86. The van der Waals surface area contributed by atoms with Crippen molar-refractivity contribution in [3.8, 4) is 0 Å². The fraction of sp³-hybridized carbons (Fsp3) is 0.862. The van der Waals surface area contributed by atoms with Crippen molar-refractivity contribution in [3.05, 3.63) is 23.3 Å². The first-order chi connectivity index (χ1) is 14.6. The van der Waals surface area contributed by atoms with E-state index >= 15 is 0 Å².